The van der Waals surface area contributed by atoms with Crippen LogP contribution < -0.4 is 0 Å². The van der Waals surface area contributed by atoms with Crippen LogP contribution in [0, 0.1) is 0 Å². The van der Waals surface area contributed by atoms with Gasteiger partial charge in [0.15, 0.2) is 0 Å². The van der Waals surface area contributed by atoms with Gasteiger partial charge in [0, 0.05) is 25.7 Å². The topological polar surface area (TPSA) is 260 Å². The Balaban J connectivity index is 2.01. The Bertz CT molecular complexity index is 2610. The van der Waals surface area contributed by atoms with Crippen molar-refractivity contribution in [1.82, 2.24) is 0 Å². The molecule has 0 saturated carbocycles. The maximum atomic E-state index is 13.3. The van der Waals surface area contributed by atoms with Crippen molar-refractivity contribution in [3.8, 4) is 0 Å². The molecule has 0 aromatic heterocycles. The largest absolute Gasteiger partial charge is 0.469 e. The number of carbonyl (C=O) groups excluding carboxylic acids is 8. The van der Waals surface area contributed by atoms with Crippen molar-refractivity contribution in [3.05, 3.63) is 90.6 Å². The van der Waals surface area contributed by atoms with E-state index in [9.17, 15) is 38.4 Å². The average molecular weight is 975 g/mol. The lowest BCUT2D eigenvalue weighted by molar-refractivity contribution is -0.141. The zero-order valence-corrected chi connectivity index (χ0v) is 40.2. The number of rotatable bonds is 20. The number of allylic oxidation sites excluding steroid dienone is 8. The standard InChI is InChI=1S/C48H51ClN4O16/c1-62-38(54)13-9-24-29(18-43(59)67-6)36-23-34-26(11-15-40(56)64-3)31(20-45(61)69-8)48(52-34)46(49)47-27(12-16-41(57)65-4)30(19-44(60)68-7)37(53-47)22-33-25(10-14-39(55)63-2)28(17-42(58)66-5)35(51-33)21-32(24)50-36/h21-23H,9-20H2,1-8H3. The number of hydrogen-bond acceptors (Lipinski definition) is 20. The molecular weight excluding hydrogens is 924 g/mol. The van der Waals surface area contributed by atoms with Gasteiger partial charge < -0.3 is 37.9 Å². The molecule has 5 aliphatic heterocycles. The minimum Gasteiger partial charge on any atom is -0.469 e. The van der Waals surface area contributed by atoms with Crippen molar-refractivity contribution in [2.75, 3.05) is 56.9 Å². The molecule has 0 radical (unpaired) electrons. The van der Waals surface area contributed by atoms with Crippen LogP contribution in [0.3, 0.4) is 0 Å². The third kappa shape index (κ3) is 12.6. The second-order valence-electron chi connectivity index (χ2n) is 15.3. The molecule has 0 fully saturated rings. The Morgan fingerprint density at radius 3 is 0.986 bits per heavy atom. The van der Waals surface area contributed by atoms with Gasteiger partial charge in [-0.25, -0.2) is 20.0 Å². The normalized spacial score (nSPS) is 16.2. The lowest BCUT2D eigenvalue weighted by Crippen LogP contribution is -2.12. The van der Waals surface area contributed by atoms with Gasteiger partial charge in [-0.05, 0) is 88.5 Å². The number of carbonyl (C=O) groups is 8. The maximum Gasteiger partial charge on any atom is 0.310 e. The molecule has 5 aliphatic rings. The third-order valence-corrected chi connectivity index (χ3v) is 11.8. The van der Waals surface area contributed by atoms with E-state index in [0.29, 0.717) is 33.4 Å². The molecule has 0 aromatic carbocycles. The summed E-state index contributed by atoms with van der Waals surface area (Å²) in [4.78, 5) is 124. The molecule has 0 spiro atoms. The first kappa shape index (κ1) is 52.6. The van der Waals surface area contributed by atoms with Gasteiger partial charge in [0.1, 0.15) is 0 Å². The van der Waals surface area contributed by atoms with Gasteiger partial charge in [-0.2, -0.15) is 0 Å². The summed E-state index contributed by atoms with van der Waals surface area (Å²) < 4.78 is 40.3. The van der Waals surface area contributed by atoms with Crippen LogP contribution in [0.15, 0.2) is 111 Å². The first-order chi connectivity index (χ1) is 33.0. The van der Waals surface area contributed by atoms with Crippen LogP contribution in [-0.4, -0.2) is 127 Å². The zero-order valence-electron chi connectivity index (χ0n) is 39.4. The first-order valence-electron chi connectivity index (χ1n) is 21.4. The number of esters is 8. The van der Waals surface area contributed by atoms with Crippen LogP contribution in [-0.2, 0) is 76.3 Å². The van der Waals surface area contributed by atoms with Crippen molar-refractivity contribution in [2.24, 2.45) is 20.0 Å². The monoisotopic (exact) mass is 974 g/mol. The predicted octanol–water partition coefficient (Wildman–Crippen LogP) is 5.17. The summed E-state index contributed by atoms with van der Waals surface area (Å²) in [7, 11) is 9.69. The number of ether oxygens (including phenoxy) is 8. The fourth-order valence-corrected chi connectivity index (χ4v) is 8.22. The molecule has 0 N–H and O–H groups in total. The number of aliphatic imine (C=N–C) groups is 4. The predicted molar refractivity (Wildman–Crippen MR) is 247 cm³/mol. The number of fused-ring (bicyclic) bond motifs is 4. The zero-order chi connectivity index (χ0) is 50.5. The van der Waals surface area contributed by atoms with Gasteiger partial charge in [-0.3, -0.25) is 38.4 Å². The highest BCUT2D eigenvalue weighted by atomic mass is 35.5. The molecule has 69 heavy (non-hydrogen) atoms. The van der Waals surface area contributed by atoms with Crippen molar-refractivity contribution < 1.29 is 76.3 Å². The summed E-state index contributed by atoms with van der Waals surface area (Å²) in [5, 5.41) is -0.142. The Morgan fingerprint density at radius 2 is 0.638 bits per heavy atom. The minimum absolute atomic E-state index is 0.0137. The van der Waals surface area contributed by atoms with E-state index < -0.39 is 54.2 Å². The lowest BCUT2D eigenvalue weighted by atomic mass is 9.92. The summed E-state index contributed by atoms with van der Waals surface area (Å²) in [6.07, 6.45) is 2.25. The SMILES string of the molecule is COC(=O)CCC1=C(CC(=O)OC)C2=NC1=CC1=NC(=C(Cl)C3=NC(=CC4=NC(=C2)C(CCC(=O)OC)=C4CC(=O)OC)C(CCC(=O)OC)=C3CC(=O)OC)C(CCC(=O)OC)=C1CC(=O)OC. The van der Waals surface area contributed by atoms with E-state index in [1.165, 1.54) is 69.0 Å². The summed E-state index contributed by atoms with van der Waals surface area (Å²) in [6, 6.07) is 0. The lowest BCUT2D eigenvalue weighted by Gasteiger charge is -2.12. The Kier molecular flexibility index (Phi) is 18.4. The van der Waals surface area contributed by atoms with Gasteiger partial charge in [-0.15, -0.1) is 0 Å². The second-order valence-corrected chi connectivity index (χ2v) is 15.7. The van der Waals surface area contributed by atoms with Crippen molar-refractivity contribution in [2.45, 2.75) is 77.0 Å². The highest BCUT2D eigenvalue weighted by Gasteiger charge is 2.37. The van der Waals surface area contributed by atoms with Gasteiger partial charge in [0.25, 0.3) is 0 Å². The van der Waals surface area contributed by atoms with E-state index in [4.69, 9.17) is 69.5 Å². The fourth-order valence-electron chi connectivity index (χ4n) is 7.90. The summed E-state index contributed by atoms with van der Waals surface area (Å²) >= 11 is 7.45. The molecule has 0 unspecified atom stereocenters. The summed E-state index contributed by atoms with van der Waals surface area (Å²) in [5.41, 5.74) is 3.64. The highest BCUT2D eigenvalue weighted by molar-refractivity contribution is 6.48. The Hall–Kier alpha value is -7.35. The number of nitrogens with zero attached hydrogens (tertiary/aromatic N) is 4. The summed E-state index contributed by atoms with van der Waals surface area (Å²) in [5.74, 6) is -5.07. The van der Waals surface area contributed by atoms with E-state index in [1.807, 2.05) is 0 Å². The number of hydrogen-bond donors (Lipinski definition) is 0. The van der Waals surface area contributed by atoms with Crippen LogP contribution in [0.25, 0.3) is 0 Å². The molecule has 0 aromatic rings. The van der Waals surface area contributed by atoms with Gasteiger partial charge in [0.2, 0.25) is 0 Å². The molecule has 5 rings (SSSR count). The maximum absolute atomic E-state index is 13.3. The second kappa shape index (κ2) is 24.1. The molecule has 20 nitrogen and oxygen atoms in total. The van der Waals surface area contributed by atoms with E-state index in [1.54, 1.807) is 6.08 Å². The third-order valence-electron chi connectivity index (χ3n) is 11.5. The van der Waals surface area contributed by atoms with E-state index >= 15 is 0 Å². The van der Waals surface area contributed by atoms with E-state index in [0.717, 1.165) is 0 Å². The van der Waals surface area contributed by atoms with Crippen molar-refractivity contribution in [3.63, 3.8) is 0 Å². The molecule has 0 atom stereocenters. The Morgan fingerprint density at radius 1 is 0.362 bits per heavy atom. The molecule has 0 amide bonds. The van der Waals surface area contributed by atoms with Crippen LogP contribution in [0.2, 0.25) is 0 Å². The Labute approximate surface area is 401 Å². The highest BCUT2D eigenvalue weighted by Crippen LogP contribution is 2.44. The quantitative estimate of drug-likeness (QED) is 0.113. The number of halogens is 1. The van der Waals surface area contributed by atoms with E-state index in [-0.39, 0.29) is 132 Å². The van der Waals surface area contributed by atoms with Crippen molar-refractivity contribution in [1.29, 1.82) is 0 Å². The molecule has 21 heteroatoms. The smallest absolute Gasteiger partial charge is 0.310 e. The van der Waals surface area contributed by atoms with Crippen LogP contribution in [0.5, 0.6) is 0 Å². The fraction of sp³-hybridized carbons (Fsp3) is 0.417. The molecule has 5 heterocycles. The van der Waals surface area contributed by atoms with Gasteiger partial charge in [0.05, 0.1) is 133 Å². The molecule has 0 saturated heterocycles. The molecule has 8 bridgehead atoms. The van der Waals surface area contributed by atoms with E-state index in [2.05, 4.69) is 0 Å². The molecular formula is C48H51ClN4O16. The van der Waals surface area contributed by atoms with Gasteiger partial charge >= 0.3 is 47.8 Å². The minimum atomic E-state index is -0.702. The molecule has 0 aliphatic carbocycles. The first-order valence-corrected chi connectivity index (χ1v) is 21.8. The van der Waals surface area contributed by atoms with Crippen molar-refractivity contribution >= 4 is 82.2 Å². The average Bonchev–Trinajstić information content (AvgIpc) is 4.06. The van der Waals surface area contributed by atoms with Gasteiger partial charge in [-0.1, -0.05) is 11.6 Å². The van der Waals surface area contributed by atoms with Crippen LogP contribution in [0.1, 0.15) is 77.0 Å². The summed E-state index contributed by atoms with van der Waals surface area (Å²) in [6.45, 7) is 0. The van der Waals surface area contributed by atoms with Crippen LogP contribution in [0.4, 0.5) is 0 Å². The van der Waals surface area contributed by atoms with Crippen LogP contribution >= 0.6 is 11.6 Å². The molecule has 366 valence electrons. The number of methoxy groups -OCH3 is 8.